The summed E-state index contributed by atoms with van der Waals surface area (Å²) in [4.78, 5) is 35.0. The average Bonchev–Trinajstić information content (AvgIpc) is 3.40. The number of carbonyl (C=O) groups excluding carboxylic acids is 2. The molecule has 0 unspecified atom stereocenters. The van der Waals surface area contributed by atoms with Crippen LogP contribution in [0.25, 0.3) is 21.7 Å². The zero-order chi connectivity index (χ0) is 22.1. The SMILES string of the molecule is O=C(Cc1ccc(N2CCOCC2=O)cc1)Nc1ccc2nc(-c3ccc(Cl)s3)[nH]c2c1. The van der Waals surface area contributed by atoms with Crippen molar-refractivity contribution in [1.29, 1.82) is 0 Å². The highest BCUT2D eigenvalue weighted by atomic mass is 35.5. The standard InChI is InChI=1S/C23H19ClN4O3S/c24-20-8-7-19(32-20)23-26-17-6-3-15(12-18(17)27-23)25-21(29)11-14-1-4-16(5-2-14)28-9-10-31-13-22(28)30/h1-8,12H,9-11,13H2,(H,25,29)(H,26,27). The second-order valence-electron chi connectivity index (χ2n) is 7.41. The van der Waals surface area contributed by atoms with E-state index in [-0.39, 0.29) is 24.8 Å². The molecule has 2 aromatic carbocycles. The number of ether oxygens (including phenoxy) is 1. The van der Waals surface area contributed by atoms with E-state index in [0.717, 1.165) is 33.0 Å². The summed E-state index contributed by atoms with van der Waals surface area (Å²) in [5.74, 6) is 0.574. The number of thiophene rings is 1. The van der Waals surface area contributed by atoms with Crippen LogP contribution in [0, 0.1) is 0 Å². The highest BCUT2D eigenvalue weighted by molar-refractivity contribution is 7.19. The Bertz CT molecular complexity index is 1300. The quantitative estimate of drug-likeness (QED) is 0.453. The first-order chi connectivity index (χ1) is 15.5. The van der Waals surface area contributed by atoms with Gasteiger partial charge in [0.2, 0.25) is 5.91 Å². The summed E-state index contributed by atoms with van der Waals surface area (Å²) in [5.41, 5.74) is 4.02. The molecule has 1 aliphatic rings. The molecule has 2 amide bonds. The van der Waals surface area contributed by atoms with Crippen molar-refractivity contribution in [3.05, 3.63) is 64.5 Å². The molecule has 2 aromatic heterocycles. The topological polar surface area (TPSA) is 87.3 Å². The van der Waals surface area contributed by atoms with Crippen LogP contribution in [0.2, 0.25) is 4.34 Å². The Morgan fingerprint density at radius 1 is 1.19 bits per heavy atom. The van der Waals surface area contributed by atoms with E-state index in [1.54, 1.807) is 4.90 Å². The number of halogens is 1. The van der Waals surface area contributed by atoms with Gasteiger partial charge in [-0.1, -0.05) is 23.7 Å². The molecule has 7 nitrogen and oxygen atoms in total. The molecule has 162 valence electrons. The van der Waals surface area contributed by atoms with Gasteiger partial charge in [-0.15, -0.1) is 11.3 Å². The summed E-state index contributed by atoms with van der Waals surface area (Å²) >= 11 is 7.48. The fourth-order valence-corrected chi connectivity index (χ4v) is 4.61. The highest BCUT2D eigenvalue weighted by Crippen LogP contribution is 2.31. The van der Waals surface area contributed by atoms with Crippen molar-refractivity contribution in [2.75, 3.05) is 30.0 Å². The molecule has 0 bridgehead atoms. The highest BCUT2D eigenvalue weighted by Gasteiger charge is 2.20. The molecule has 0 radical (unpaired) electrons. The minimum atomic E-state index is -0.121. The normalized spacial score (nSPS) is 14.2. The number of anilines is 2. The zero-order valence-corrected chi connectivity index (χ0v) is 18.5. The van der Waals surface area contributed by atoms with Crippen LogP contribution >= 0.6 is 22.9 Å². The lowest BCUT2D eigenvalue weighted by Crippen LogP contribution is -2.41. The monoisotopic (exact) mass is 466 g/mol. The van der Waals surface area contributed by atoms with Gasteiger partial charge in [0.25, 0.3) is 5.91 Å². The van der Waals surface area contributed by atoms with Crippen molar-refractivity contribution in [3.8, 4) is 10.7 Å². The van der Waals surface area contributed by atoms with Gasteiger partial charge in [0.05, 0.1) is 33.3 Å². The lowest BCUT2D eigenvalue weighted by atomic mass is 10.1. The fourth-order valence-electron chi connectivity index (χ4n) is 3.62. The number of aromatic amines is 1. The molecular weight excluding hydrogens is 448 g/mol. The van der Waals surface area contributed by atoms with E-state index in [4.69, 9.17) is 16.3 Å². The number of hydrogen-bond acceptors (Lipinski definition) is 5. The Hall–Kier alpha value is -3.20. The number of morpholine rings is 1. The van der Waals surface area contributed by atoms with Crippen molar-refractivity contribution >= 4 is 57.2 Å². The maximum absolute atomic E-state index is 12.6. The number of amides is 2. The van der Waals surface area contributed by atoms with Gasteiger partial charge in [0.15, 0.2) is 0 Å². The smallest absolute Gasteiger partial charge is 0.253 e. The molecule has 0 spiro atoms. The minimum absolute atomic E-state index is 0.0544. The van der Waals surface area contributed by atoms with E-state index in [1.165, 1.54) is 11.3 Å². The number of hydrogen-bond donors (Lipinski definition) is 2. The Labute approximate surface area is 193 Å². The first-order valence-electron chi connectivity index (χ1n) is 10.1. The molecule has 32 heavy (non-hydrogen) atoms. The summed E-state index contributed by atoms with van der Waals surface area (Å²) in [6.07, 6.45) is 0.233. The van der Waals surface area contributed by atoms with Crippen LogP contribution in [0.5, 0.6) is 0 Å². The van der Waals surface area contributed by atoms with Gasteiger partial charge < -0.3 is 19.9 Å². The van der Waals surface area contributed by atoms with Gasteiger partial charge in [-0.2, -0.15) is 0 Å². The molecule has 0 aliphatic carbocycles. The molecule has 5 rings (SSSR count). The summed E-state index contributed by atoms with van der Waals surface area (Å²) < 4.78 is 5.87. The van der Waals surface area contributed by atoms with Gasteiger partial charge >= 0.3 is 0 Å². The van der Waals surface area contributed by atoms with E-state index in [2.05, 4.69) is 15.3 Å². The Morgan fingerprint density at radius 3 is 2.78 bits per heavy atom. The molecule has 2 N–H and O–H groups in total. The van der Waals surface area contributed by atoms with Crippen LogP contribution in [0.15, 0.2) is 54.6 Å². The van der Waals surface area contributed by atoms with Gasteiger partial charge in [-0.25, -0.2) is 4.98 Å². The van der Waals surface area contributed by atoms with Gasteiger partial charge in [-0.05, 0) is 48.0 Å². The summed E-state index contributed by atoms with van der Waals surface area (Å²) in [7, 11) is 0. The number of rotatable bonds is 5. The summed E-state index contributed by atoms with van der Waals surface area (Å²) in [6, 6.07) is 16.8. The molecule has 1 aliphatic heterocycles. The molecular formula is C23H19ClN4O3S. The Morgan fingerprint density at radius 2 is 2.03 bits per heavy atom. The largest absolute Gasteiger partial charge is 0.370 e. The fraction of sp³-hybridized carbons (Fsp3) is 0.174. The lowest BCUT2D eigenvalue weighted by molar-refractivity contribution is -0.125. The van der Waals surface area contributed by atoms with Crippen LogP contribution < -0.4 is 10.2 Å². The molecule has 3 heterocycles. The average molecular weight is 467 g/mol. The minimum Gasteiger partial charge on any atom is -0.370 e. The van der Waals surface area contributed by atoms with Gasteiger partial charge in [-0.3, -0.25) is 9.59 Å². The van der Waals surface area contributed by atoms with Gasteiger partial charge in [0.1, 0.15) is 12.4 Å². The van der Waals surface area contributed by atoms with Crippen molar-refractivity contribution in [2.45, 2.75) is 6.42 Å². The second-order valence-corrected chi connectivity index (χ2v) is 9.13. The maximum Gasteiger partial charge on any atom is 0.253 e. The lowest BCUT2D eigenvalue weighted by Gasteiger charge is -2.26. The second kappa shape index (κ2) is 8.74. The van der Waals surface area contributed by atoms with E-state index in [1.807, 2.05) is 54.6 Å². The first-order valence-corrected chi connectivity index (χ1v) is 11.3. The predicted octanol–water partition coefficient (Wildman–Crippen LogP) is 4.49. The third-order valence-corrected chi connectivity index (χ3v) is 6.41. The van der Waals surface area contributed by atoms with Crippen molar-refractivity contribution in [3.63, 3.8) is 0 Å². The van der Waals surface area contributed by atoms with Crippen LogP contribution in [0.1, 0.15) is 5.56 Å². The van der Waals surface area contributed by atoms with Crippen LogP contribution in [-0.2, 0) is 20.7 Å². The van der Waals surface area contributed by atoms with E-state index >= 15 is 0 Å². The number of fused-ring (bicyclic) bond motifs is 1. The maximum atomic E-state index is 12.6. The third-order valence-electron chi connectivity index (χ3n) is 5.17. The Kier molecular flexibility index (Phi) is 5.65. The third kappa shape index (κ3) is 4.38. The van der Waals surface area contributed by atoms with Crippen LogP contribution in [0.4, 0.5) is 11.4 Å². The molecule has 0 saturated carbocycles. The number of nitrogens with one attached hydrogen (secondary N) is 2. The molecule has 1 fully saturated rings. The van der Waals surface area contributed by atoms with E-state index in [0.29, 0.717) is 23.2 Å². The summed E-state index contributed by atoms with van der Waals surface area (Å²) in [6.45, 7) is 1.17. The molecule has 4 aromatic rings. The molecule has 9 heteroatoms. The predicted molar refractivity (Wildman–Crippen MR) is 126 cm³/mol. The molecule has 0 atom stereocenters. The van der Waals surface area contributed by atoms with Crippen LogP contribution in [0.3, 0.4) is 0 Å². The number of benzene rings is 2. The summed E-state index contributed by atoms with van der Waals surface area (Å²) in [5, 5.41) is 2.93. The zero-order valence-electron chi connectivity index (χ0n) is 16.9. The first kappa shape index (κ1) is 20.7. The van der Waals surface area contributed by atoms with Crippen molar-refractivity contribution in [1.82, 2.24) is 9.97 Å². The number of imidazole rings is 1. The number of nitrogens with zero attached hydrogens (tertiary/aromatic N) is 2. The van der Waals surface area contributed by atoms with Crippen molar-refractivity contribution in [2.24, 2.45) is 0 Å². The van der Waals surface area contributed by atoms with Crippen LogP contribution in [-0.4, -0.2) is 41.5 Å². The Balaban J connectivity index is 1.25. The molecule has 1 saturated heterocycles. The number of H-pyrrole nitrogens is 1. The number of carbonyl (C=O) groups is 2. The number of aromatic nitrogens is 2. The van der Waals surface area contributed by atoms with E-state index in [9.17, 15) is 9.59 Å². The van der Waals surface area contributed by atoms with Crippen molar-refractivity contribution < 1.29 is 14.3 Å². The van der Waals surface area contributed by atoms with Gasteiger partial charge in [0, 0.05) is 17.9 Å². The van der Waals surface area contributed by atoms with E-state index < -0.39 is 0 Å².